The SMILES string of the molecule is CCCCOc1ccc(C2c3c(oc4ccc(C)cc4c3=O)C(=O)N2Cc2ccc3c(c2)OCO3)cc1OC. The van der Waals surface area contributed by atoms with E-state index in [1.54, 1.807) is 24.1 Å². The Morgan fingerprint density at radius 2 is 1.82 bits per heavy atom. The molecule has 4 aromatic rings. The van der Waals surface area contributed by atoms with Gasteiger partial charge < -0.3 is 28.3 Å². The second kappa shape index (κ2) is 10.0. The number of fused-ring (bicyclic) bond motifs is 3. The summed E-state index contributed by atoms with van der Waals surface area (Å²) >= 11 is 0. The van der Waals surface area contributed by atoms with E-state index in [4.69, 9.17) is 23.4 Å². The number of aryl methyl sites for hydroxylation is 1. The number of benzene rings is 3. The van der Waals surface area contributed by atoms with Crippen molar-refractivity contribution < 1.29 is 28.2 Å². The van der Waals surface area contributed by atoms with E-state index in [0.29, 0.717) is 46.1 Å². The van der Waals surface area contributed by atoms with Crippen molar-refractivity contribution in [3.8, 4) is 23.0 Å². The number of amides is 1. The Morgan fingerprint density at radius 1 is 0.974 bits per heavy atom. The summed E-state index contributed by atoms with van der Waals surface area (Å²) in [6.45, 7) is 4.98. The zero-order valence-electron chi connectivity index (χ0n) is 22.1. The van der Waals surface area contributed by atoms with Crippen molar-refractivity contribution in [2.24, 2.45) is 0 Å². The molecular weight excluding hydrogens is 498 g/mol. The Kier molecular flexibility index (Phi) is 6.38. The van der Waals surface area contributed by atoms with Crippen molar-refractivity contribution in [1.29, 1.82) is 0 Å². The highest BCUT2D eigenvalue weighted by atomic mass is 16.7. The van der Waals surface area contributed by atoms with Crippen LogP contribution >= 0.6 is 0 Å². The third kappa shape index (κ3) is 4.35. The highest BCUT2D eigenvalue weighted by Crippen LogP contribution is 2.42. The number of hydrogen-bond acceptors (Lipinski definition) is 7. The first-order chi connectivity index (χ1) is 19.0. The molecule has 8 heteroatoms. The Bertz CT molecular complexity index is 1640. The van der Waals surface area contributed by atoms with Crippen LogP contribution in [-0.2, 0) is 6.54 Å². The fourth-order valence-electron chi connectivity index (χ4n) is 5.18. The van der Waals surface area contributed by atoms with Crippen LogP contribution in [0.1, 0.15) is 58.6 Å². The van der Waals surface area contributed by atoms with Crippen LogP contribution in [0.5, 0.6) is 23.0 Å². The lowest BCUT2D eigenvalue weighted by Gasteiger charge is -2.26. The molecule has 1 unspecified atom stereocenters. The summed E-state index contributed by atoms with van der Waals surface area (Å²) in [5.74, 6) is 2.14. The first-order valence-corrected chi connectivity index (χ1v) is 13.1. The van der Waals surface area contributed by atoms with Gasteiger partial charge in [0.25, 0.3) is 5.91 Å². The summed E-state index contributed by atoms with van der Waals surface area (Å²) in [4.78, 5) is 29.4. The Morgan fingerprint density at radius 3 is 2.64 bits per heavy atom. The van der Waals surface area contributed by atoms with Crippen LogP contribution in [0.4, 0.5) is 0 Å². The number of carbonyl (C=O) groups excluding carboxylic acids is 1. The average molecular weight is 528 g/mol. The highest BCUT2D eigenvalue weighted by molar-refractivity contribution is 5.99. The van der Waals surface area contributed by atoms with Crippen molar-refractivity contribution in [1.82, 2.24) is 4.90 Å². The van der Waals surface area contributed by atoms with Crippen LogP contribution in [0, 0.1) is 6.92 Å². The molecule has 8 nitrogen and oxygen atoms in total. The lowest BCUT2D eigenvalue weighted by Crippen LogP contribution is -2.29. The molecule has 0 saturated heterocycles. The molecule has 0 N–H and O–H groups in total. The van der Waals surface area contributed by atoms with Crippen LogP contribution in [0.2, 0.25) is 0 Å². The summed E-state index contributed by atoms with van der Waals surface area (Å²) in [7, 11) is 1.58. The van der Waals surface area contributed by atoms with Crippen molar-refractivity contribution >= 4 is 16.9 Å². The molecule has 0 saturated carbocycles. The van der Waals surface area contributed by atoms with E-state index >= 15 is 0 Å². The van der Waals surface area contributed by atoms with Crippen LogP contribution < -0.4 is 24.4 Å². The Labute approximate surface area is 225 Å². The van der Waals surface area contributed by atoms with Gasteiger partial charge in [-0.2, -0.15) is 0 Å². The number of ether oxygens (including phenoxy) is 4. The fraction of sp³-hybridized carbons (Fsp3) is 0.290. The molecule has 3 heterocycles. The summed E-state index contributed by atoms with van der Waals surface area (Å²) in [6.07, 6.45) is 1.94. The first kappa shape index (κ1) is 24.9. The van der Waals surface area contributed by atoms with Gasteiger partial charge in [-0.25, -0.2) is 0 Å². The van der Waals surface area contributed by atoms with Gasteiger partial charge in [-0.1, -0.05) is 37.1 Å². The van der Waals surface area contributed by atoms with Crippen molar-refractivity contribution in [2.75, 3.05) is 20.5 Å². The van der Waals surface area contributed by atoms with Crippen molar-refractivity contribution in [3.05, 3.63) is 92.8 Å². The van der Waals surface area contributed by atoms with Gasteiger partial charge in [0.1, 0.15) is 5.58 Å². The fourth-order valence-corrected chi connectivity index (χ4v) is 5.18. The molecule has 3 aromatic carbocycles. The van der Waals surface area contributed by atoms with Gasteiger partial charge >= 0.3 is 0 Å². The summed E-state index contributed by atoms with van der Waals surface area (Å²) in [5.41, 5.74) is 2.98. The Hall–Kier alpha value is -4.46. The van der Waals surface area contributed by atoms with E-state index in [1.807, 2.05) is 49.4 Å². The number of hydrogen-bond donors (Lipinski definition) is 0. The molecule has 200 valence electrons. The third-order valence-corrected chi connectivity index (χ3v) is 7.17. The molecular formula is C31H29NO7. The standard InChI is InChI=1S/C31H29NO7/c1-4-5-12-36-23-11-8-20(15-25(23)35-3)28-27-29(33)21-13-18(2)6-9-22(21)39-30(27)31(34)32(28)16-19-7-10-24-26(14-19)38-17-37-24/h6-11,13-15,28H,4-5,12,16-17H2,1-3H3. The predicted molar refractivity (Wildman–Crippen MR) is 145 cm³/mol. The average Bonchev–Trinajstić information content (AvgIpc) is 3.52. The number of rotatable bonds is 8. The number of methoxy groups -OCH3 is 1. The summed E-state index contributed by atoms with van der Waals surface area (Å²) in [6, 6.07) is 15.8. The largest absolute Gasteiger partial charge is 0.493 e. The minimum Gasteiger partial charge on any atom is -0.493 e. The molecule has 0 spiro atoms. The maximum atomic E-state index is 13.9. The molecule has 0 bridgehead atoms. The van der Waals surface area contributed by atoms with Crippen LogP contribution in [0.3, 0.4) is 0 Å². The summed E-state index contributed by atoms with van der Waals surface area (Å²) < 4.78 is 28.7. The van der Waals surface area contributed by atoms with Crippen molar-refractivity contribution in [3.63, 3.8) is 0 Å². The first-order valence-electron chi connectivity index (χ1n) is 13.1. The molecule has 2 aliphatic rings. The molecule has 0 fully saturated rings. The summed E-state index contributed by atoms with van der Waals surface area (Å²) in [5, 5.41) is 0.447. The maximum absolute atomic E-state index is 13.9. The van der Waals surface area contributed by atoms with Gasteiger partial charge in [-0.05, 0) is 60.9 Å². The van der Waals surface area contributed by atoms with Crippen molar-refractivity contribution in [2.45, 2.75) is 39.3 Å². The zero-order valence-corrected chi connectivity index (χ0v) is 22.1. The minimum atomic E-state index is -0.683. The predicted octanol–water partition coefficient (Wildman–Crippen LogP) is 5.76. The van der Waals surface area contributed by atoms with E-state index in [0.717, 1.165) is 29.5 Å². The van der Waals surface area contributed by atoms with E-state index in [-0.39, 0.29) is 30.4 Å². The van der Waals surface area contributed by atoms with Crippen LogP contribution in [-0.4, -0.2) is 31.3 Å². The molecule has 6 rings (SSSR count). The van der Waals surface area contributed by atoms with Gasteiger partial charge in [0.15, 0.2) is 28.4 Å². The normalized spacial score (nSPS) is 15.6. The van der Waals surface area contributed by atoms with E-state index in [9.17, 15) is 9.59 Å². The van der Waals surface area contributed by atoms with Gasteiger partial charge in [0.2, 0.25) is 12.6 Å². The highest BCUT2D eigenvalue weighted by Gasteiger charge is 2.43. The molecule has 0 aliphatic carbocycles. The minimum absolute atomic E-state index is 0.0596. The molecule has 0 radical (unpaired) electrons. The number of unbranched alkanes of at least 4 members (excludes halogenated alkanes) is 1. The van der Waals surface area contributed by atoms with Gasteiger partial charge in [-0.15, -0.1) is 0 Å². The van der Waals surface area contributed by atoms with E-state index in [2.05, 4.69) is 6.92 Å². The van der Waals surface area contributed by atoms with Crippen LogP contribution in [0.15, 0.2) is 63.8 Å². The van der Waals surface area contributed by atoms with Gasteiger partial charge in [0, 0.05) is 6.54 Å². The quantitative estimate of drug-likeness (QED) is 0.269. The molecule has 39 heavy (non-hydrogen) atoms. The topological polar surface area (TPSA) is 87.4 Å². The number of nitrogens with zero attached hydrogens (tertiary/aromatic N) is 1. The lowest BCUT2D eigenvalue weighted by atomic mass is 9.97. The smallest absolute Gasteiger partial charge is 0.291 e. The maximum Gasteiger partial charge on any atom is 0.291 e. The van der Waals surface area contributed by atoms with Crippen LogP contribution in [0.25, 0.3) is 11.0 Å². The molecule has 1 aromatic heterocycles. The van der Waals surface area contributed by atoms with Gasteiger partial charge in [-0.3, -0.25) is 9.59 Å². The lowest BCUT2D eigenvalue weighted by molar-refractivity contribution is 0.0714. The monoisotopic (exact) mass is 527 g/mol. The third-order valence-electron chi connectivity index (χ3n) is 7.17. The number of carbonyl (C=O) groups is 1. The molecule has 1 atom stereocenters. The Balaban J connectivity index is 1.48. The second-order valence-corrected chi connectivity index (χ2v) is 9.81. The zero-order chi connectivity index (χ0) is 27.1. The van der Waals surface area contributed by atoms with Gasteiger partial charge in [0.05, 0.1) is 30.7 Å². The molecule has 1 amide bonds. The van der Waals surface area contributed by atoms with E-state index in [1.165, 1.54) is 0 Å². The second-order valence-electron chi connectivity index (χ2n) is 9.81. The molecule has 2 aliphatic heterocycles. The van der Waals surface area contributed by atoms with E-state index < -0.39 is 6.04 Å².